The third kappa shape index (κ3) is 3.10. The van der Waals surface area contributed by atoms with Crippen molar-refractivity contribution in [2.45, 2.75) is 44.4 Å². The van der Waals surface area contributed by atoms with Crippen LogP contribution in [0.3, 0.4) is 0 Å². The SMILES string of the molecule is O=C1C=CN(Cc2ccccc2)C(C2CCCCO2)C1. The Morgan fingerprint density at radius 3 is 2.80 bits per heavy atom. The molecule has 0 radical (unpaired) electrons. The number of ketones is 1. The predicted octanol–water partition coefficient (Wildman–Crippen LogP) is 2.91. The van der Waals surface area contributed by atoms with Gasteiger partial charge in [-0.15, -0.1) is 0 Å². The summed E-state index contributed by atoms with van der Waals surface area (Å²) < 4.78 is 5.91. The summed E-state index contributed by atoms with van der Waals surface area (Å²) in [6, 6.07) is 10.6. The van der Waals surface area contributed by atoms with Crippen LogP contribution in [0.5, 0.6) is 0 Å². The summed E-state index contributed by atoms with van der Waals surface area (Å²) in [7, 11) is 0. The molecule has 0 aromatic heterocycles. The number of benzene rings is 1. The molecule has 0 spiro atoms. The van der Waals surface area contributed by atoms with Gasteiger partial charge in [-0.25, -0.2) is 0 Å². The van der Waals surface area contributed by atoms with Crippen molar-refractivity contribution in [2.24, 2.45) is 0 Å². The van der Waals surface area contributed by atoms with Crippen molar-refractivity contribution in [1.29, 1.82) is 0 Å². The summed E-state index contributed by atoms with van der Waals surface area (Å²) in [6.07, 6.45) is 7.83. The number of carbonyl (C=O) groups is 1. The predicted molar refractivity (Wildman–Crippen MR) is 78.1 cm³/mol. The number of hydrogen-bond acceptors (Lipinski definition) is 3. The summed E-state index contributed by atoms with van der Waals surface area (Å²) in [6.45, 7) is 1.67. The largest absolute Gasteiger partial charge is 0.376 e. The second kappa shape index (κ2) is 6.23. The lowest BCUT2D eigenvalue weighted by Crippen LogP contribution is -2.46. The Labute approximate surface area is 120 Å². The van der Waals surface area contributed by atoms with Gasteiger partial charge in [0.2, 0.25) is 0 Å². The van der Waals surface area contributed by atoms with E-state index < -0.39 is 0 Å². The van der Waals surface area contributed by atoms with Gasteiger partial charge < -0.3 is 9.64 Å². The summed E-state index contributed by atoms with van der Waals surface area (Å²) in [5.41, 5.74) is 1.27. The molecule has 2 aliphatic heterocycles. The highest BCUT2D eigenvalue weighted by Crippen LogP contribution is 2.26. The van der Waals surface area contributed by atoms with Crippen LogP contribution in [-0.2, 0) is 16.1 Å². The molecule has 2 heterocycles. The van der Waals surface area contributed by atoms with E-state index in [0.717, 1.165) is 26.0 Å². The Bertz CT molecular complexity index is 477. The number of carbonyl (C=O) groups excluding carboxylic acids is 1. The summed E-state index contributed by atoms with van der Waals surface area (Å²) in [5, 5.41) is 0. The molecule has 1 aromatic rings. The van der Waals surface area contributed by atoms with Gasteiger partial charge in [0.05, 0.1) is 12.1 Å². The molecule has 0 aliphatic carbocycles. The molecule has 2 aliphatic rings. The molecule has 0 saturated carbocycles. The van der Waals surface area contributed by atoms with Crippen molar-refractivity contribution in [1.82, 2.24) is 4.90 Å². The summed E-state index contributed by atoms with van der Waals surface area (Å²) in [5.74, 6) is 0.216. The first-order valence-electron chi connectivity index (χ1n) is 7.45. The van der Waals surface area contributed by atoms with E-state index in [4.69, 9.17) is 4.74 Å². The lowest BCUT2D eigenvalue weighted by Gasteiger charge is -2.39. The van der Waals surface area contributed by atoms with Gasteiger partial charge in [0.15, 0.2) is 5.78 Å². The molecule has 2 unspecified atom stereocenters. The van der Waals surface area contributed by atoms with Crippen LogP contribution in [0.1, 0.15) is 31.2 Å². The lowest BCUT2D eigenvalue weighted by molar-refractivity contribution is -0.119. The molecule has 3 rings (SSSR count). The maximum atomic E-state index is 11.7. The van der Waals surface area contributed by atoms with Gasteiger partial charge in [0.1, 0.15) is 0 Å². The molecule has 1 aromatic carbocycles. The van der Waals surface area contributed by atoms with Crippen molar-refractivity contribution >= 4 is 5.78 Å². The minimum Gasteiger partial charge on any atom is -0.376 e. The zero-order chi connectivity index (χ0) is 13.8. The van der Waals surface area contributed by atoms with Gasteiger partial charge in [0.25, 0.3) is 0 Å². The number of nitrogens with zero attached hydrogens (tertiary/aromatic N) is 1. The van der Waals surface area contributed by atoms with Crippen LogP contribution in [0.4, 0.5) is 0 Å². The van der Waals surface area contributed by atoms with Crippen molar-refractivity contribution in [2.75, 3.05) is 6.61 Å². The molecule has 20 heavy (non-hydrogen) atoms. The zero-order valence-electron chi connectivity index (χ0n) is 11.7. The van der Waals surface area contributed by atoms with Crippen molar-refractivity contribution in [3.63, 3.8) is 0 Å². The van der Waals surface area contributed by atoms with Crippen molar-refractivity contribution in [3.8, 4) is 0 Å². The Balaban J connectivity index is 1.75. The molecule has 1 fully saturated rings. The molecule has 1 saturated heterocycles. The molecule has 0 amide bonds. The zero-order valence-corrected chi connectivity index (χ0v) is 11.7. The summed E-state index contributed by atoms with van der Waals surface area (Å²) >= 11 is 0. The first-order valence-corrected chi connectivity index (χ1v) is 7.45. The fraction of sp³-hybridized carbons (Fsp3) is 0.471. The van der Waals surface area contributed by atoms with Gasteiger partial charge in [-0.05, 0) is 30.9 Å². The molecule has 0 bridgehead atoms. The van der Waals surface area contributed by atoms with E-state index in [1.807, 2.05) is 12.3 Å². The highest BCUT2D eigenvalue weighted by molar-refractivity contribution is 5.90. The van der Waals surface area contributed by atoms with Crippen molar-refractivity contribution in [3.05, 3.63) is 48.2 Å². The highest BCUT2D eigenvalue weighted by Gasteiger charge is 2.31. The highest BCUT2D eigenvalue weighted by atomic mass is 16.5. The number of rotatable bonds is 3. The van der Waals surface area contributed by atoms with Crippen LogP contribution < -0.4 is 0 Å². The second-order valence-electron chi connectivity index (χ2n) is 5.62. The first kappa shape index (κ1) is 13.4. The van der Waals surface area contributed by atoms with Crippen LogP contribution >= 0.6 is 0 Å². The van der Waals surface area contributed by atoms with E-state index in [-0.39, 0.29) is 17.9 Å². The van der Waals surface area contributed by atoms with E-state index in [1.54, 1.807) is 6.08 Å². The number of ether oxygens (including phenoxy) is 1. The normalized spacial score (nSPS) is 26.8. The van der Waals surface area contributed by atoms with Gasteiger partial charge in [-0.2, -0.15) is 0 Å². The van der Waals surface area contributed by atoms with Gasteiger partial charge in [0, 0.05) is 25.8 Å². The molecular formula is C17H21NO2. The third-order valence-electron chi connectivity index (χ3n) is 4.14. The van der Waals surface area contributed by atoms with E-state index in [1.165, 1.54) is 12.0 Å². The van der Waals surface area contributed by atoms with Crippen LogP contribution in [0, 0.1) is 0 Å². The van der Waals surface area contributed by atoms with Gasteiger partial charge in [-0.1, -0.05) is 30.3 Å². The third-order valence-corrected chi connectivity index (χ3v) is 4.14. The minimum atomic E-state index is 0.188. The molecule has 106 valence electrons. The van der Waals surface area contributed by atoms with Gasteiger partial charge in [-0.3, -0.25) is 4.79 Å². The quantitative estimate of drug-likeness (QED) is 0.846. The smallest absolute Gasteiger partial charge is 0.159 e. The van der Waals surface area contributed by atoms with Crippen LogP contribution in [0.25, 0.3) is 0 Å². The Morgan fingerprint density at radius 2 is 2.05 bits per heavy atom. The molecule has 0 N–H and O–H groups in total. The maximum absolute atomic E-state index is 11.7. The second-order valence-corrected chi connectivity index (χ2v) is 5.62. The summed E-state index contributed by atoms with van der Waals surface area (Å²) in [4.78, 5) is 14.0. The Hall–Kier alpha value is -1.61. The van der Waals surface area contributed by atoms with E-state index in [2.05, 4.69) is 29.2 Å². The topological polar surface area (TPSA) is 29.5 Å². The molecular weight excluding hydrogens is 250 g/mol. The fourth-order valence-electron chi connectivity index (χ4n) is 3.06. The lowest BCUT2D eigenvalue weighted by atomic mass is 9.94. The monoisotopic (exact) mass is 271 g/mol. The van der Waals surface area contributed by atoms with Gasteiger partial charge >= 0.3 is 0 Å². The van der Waals surface area contributed by atoms with E-state index in [9.17, 15) is 4.79 Å². The number of allylic oxidation sites excluding steroid dienone is 1. The molecule has 3 nitrogen and oxygen atoms in total. The van der Waals surface area contributed by atoms with E-state index >= 15 is 0 Å². The Morgan fingerprint density at radius 1 is 1.20 bits per heavy atom. The minimum absolute atomic E-state index is 0.188. The maximum Gasteiger partial charge on any atom is 0.159 e. The van der Waals surface area contributed by atoms with Crippen LogP contribution in [0.2, 0.25) is 0 Å². The molecule has 2 atom stereocenters. The number of hydrogen-bond donors (Lipinski definition) is 0. The molecule has 3 heteroatoms. The van der Waals surface area contributed by atoms with E-state index in [0.29, 0.717) is 6.42 Å². The van der Waals surface area contributed by atoms with Crippen LogP contribution in [-0.4, -0.2) is 29.4 Å². The Kier molecular flexibility index (Phi) is 4.16. The van der Waals surface area contributed by atoms with Crippen molar-refractivity contribution < 1.29 is 9.53 Å². The average Bonchev–Trinajstić information content (AvgIpc) is 2.51. The fourth-order valence-corrected chi connectivity index (χ4v) is 3.06. The average molecular weight is 271 g/mol. The standard InChI is InChI=1S/C17H21NO2/c19-15-9-10-18(13-14-6-2-1-3-7-14)16(12-15)17-8-4-5-11-20-17/h1-3,6-7,9-10,16-17H,4-5,8,11-13H2. The van der Waals surface area contributed by atoms with Crippen LogP contribution in [0.15, 0.2) is 42.6 Å². The first-order chi connectivity index (χ1) is 9.83.